The number of aryl methyl sites for hydroxylation is 2. The van der Waals surface area contributed by atoms with E-state index >= 15 is 0 Å². The van der Waals surface area contributed by atoms with E-state index in [2.05, 4.69) is 61.7 Å². The van der Waals surface area contributed by atoms with Gasteiger partial charge < -0.3 is 0 Å². The molecule has 1 heterocycles. The summed E-state index contributed by atoms with van der Waals surface area (Å²) in [6, 6.07) is 15.4. The summed E-state index contributed by atoms with van der Waals surface area (Å²) in [5.41, 5.74) is 8.39. The van der Waals surface area contributed by atoms with Gasteiger partial charge in [0.05, 0.1) is 6.04 Å². The van der Waals surface area contributed by atoms with Crippen LogP contribution >= 0.6 is 11.8 Å². The first kappa shape index (κ1) is 13.7. The predicted molar refractivity (Wildman–Crippen MR) is 85.8 cm³/mol. The molecule has 0 aliphatic carbocycles. The molecule has 0 radical (unpaired) electrons. The lowest BCUT2D eigenvalue weighted by Gasteiger charge is -2.24. The highest BCUT2D eigenvalue weighted by atomic mass is 32.2. The first-order chi connectivity index (χ1) is 9.69. The van der Waals surface area contributed by atoms with E-state index in [0.29, 0.717) is 5.25 Å². The molecule has 2 aromatic rings. The number of rotatable bonds is 3. The lowest BCUT2D eigenvalue weighted by molar-refractivity contribution is 0.531. The monoisotopic (exact) mass is 284 g/mol. The summed E-state index contributed by atoms with van der Waals surface area (Å²) in [5.74, 6) is 5.86. The fourth-order valence-corrected chi connectivity index (χ4v) is 4.38. The summed E-state index contributed by atoms with van der Waals surface area (Å²) in [7, 11) is 0. The van der Waals surface area contributed by atoms with Gasteiger partial charge in [0.25, 0.3) is 0 Å². The van der Waals surface area contributed by atoms with Crippen LogP contribution in [-0.4, -0.2) is 5.25 Å². The third-order valence-corrected chi connectivity index (χ3v) is 5.38. The Bertz CT molecular complexity index is 599. The van der Waals surface area contributed by atoms with E-state index in [1.807, 2.05) is 11.8 Å². The topological polar surface area (TPSA) is 38.0 Å². The number of nitrogens with one attached hydrogen (secondary N) is 1. The first-order valence-corrected chi connectivity index (χ1v) is 7.85. The second-order valence-electron chi connectivity index (χ2n) is 5.47. The molecule has 2 unspecified atom stereocenters. The van der Waals surface area contributed by atoms with Gasteiger partial charge >= 0.3 is 0 Å². The van der Waals surface area contributed by atoms with Crippen molar-refractivity contribution in [3.05, 3.63) is 64.7 Å². The molecular weight excluding hydrogens is 264 g/mol. The van der Waals surface area contributed by atoms with Crippen molar-refractivity contribution in [2.75, 3.05) is 0 Å². The Kier molecular flexibility index (Phi) is 3.83. The summed E-state index contributed by atoms with van der Waals surface area (Å²) < 4.78 is 0. The van der Waals surface area contributed by atoms with E-state index in [9.17, 15) is 0 Å². The molecule has 3 heteroatoms. The summed E-state index contributed by atoms with van der Waals surface area (Å²) in [6.45, 7) is 4.29. The molecule has 0 bridgehead atoms. The summed E-state index contributed by atoms with van der Waals surface area (Å²) in [4.78, 5) is 1.39. The average molecular weight is 284 g/mol. The van der Waals surface area contributed by atoms with Crippen LogP contribution in [0.1, 0.15) is 28.3 Å². The summed E-state index contributed by atoms with van der Waals surface area (Å²) in [6.07, 6.45) is 1.07. The number of benzene rings is 2. The lowest BCUT2D eigenvalue weighted by atomic mass is 9.94. The molecule has 3 N–H and O–H groups in total. The second kappa shape index (κ2) is 5.60. The molecule has 2 atom stereocenters. The van der Waals surface area contributed by atoms with Crippen LogP contribution in [0, 0.1) is 13.8 Å². The van der Waals surface area contributed by atoms with Crippen molar-refractivity contribution >= 4 is 11.8 Å². The molecule has 104 valence electrons. The minimum Gasteiger partial charge on any atom is -0.271 e. The van der Waals surface area contributed by atoms with Crippen molar-refractivity contribution in [1.82, 2.24) is 5.43 Å². The molecule has 0 aromatic heterocycles. The predicted octanol–water partition coefficient (Wildman–Crippen LogP) is 3.52. The zero-order valence-corrected chi connectivity index (χ0v) is 12.7. The van der Waals surface area contributed by atoms with E-state index in [1.54, 1.807) is 0 Å². The van der Waals surface area contributed by atoms with Crippen LogP contribution in [0.4, 0.5) is 0 Å². The minimum absolute atomic E-state index is 0.188. The van der Waals surface area contributed by atoms with Crippen molar-refractivity contribution in [1.29, 1.82) is 0 Å². The van der Waals surface area contributed by atoms with Gasteiger partial charge in [-0.1, -0.05) is 42.0 Å². The van der Waals surface area contributed by atoms with E-state index in [0.717, 1.165) is 6.42 Å². The van der Waals surface area contributed by atoms with Gasteiger partial charge in [0.2, 0.25) is 0 Å². The second-order valence-corrected chi connectivity index (χ2v) is 6.75. The number of thioether (sulfide) groups is 1. The molecule has 20 heavy (non-hydrogen) atoms. The van der Waals surface area contributed by atoms with E-state index in [-0.39, 0.29) is 6.04 Å². The highest BCUT2D eigenvalue weighted by Gasteiger charge is 2.30. The largest absolute Gasteiger partial charge is 0.271 e. The quantitative estimate of drug-likeness (QED) is 0.669. The zero-order chi connectivity index (χ0) is 14.1. The maximum Gasteiger partial charge on any atom is 0.0587 e. The normalized spacial score (nSPS) is 18.9. The standard InChI is InChI=1S/C17H20N2S/c1-11-7-8-14(12(2)9-11)17(19-18)16-10-13-5-3-4-6-15(13)20-16/h3-9,16-17,19H,10,18H2,1-2H3. The third kappa shape index (κ3) is 2.49. The molecule has 2 nitrogen and oxygen atoms in total. The zero-order valence-electron chi connectivity index (χ0n) is 11.9. The Morgan fingerprint density at radius 1 is 1.20 bits per heavy atom. The molecule has 3 rings (SSSR count). The van der Waals surface area contributed by atoms with Crippen molar-refractivity contribution < 1.29 is 0 Å². The SMILES string of the molecule is Cc1ccc(C(NN)C2Cc3ccccc3S2)c(C)c1. The van der Waals surface area contributed by atoms with Crippen molar-refractivity contribution in [2.24, 2.45) is 5.84 Å². The van der Waals surface area contributed by atoms with Crippen molar-refractivity contribution in [2.45, 2.75) is 36.5 Å². The molecule has 1 aliphatic rings. The maximum absolute atomic E-state index is 5.86. The Labute approximate surface area is 124 Å². The molecule has 0 saturated carbocycles. The lowest BCUT2D eigenvalue weighted by Crippen LogP contribution is -2.35. The van der Waals surface area contributed by atoms with Crippen LogP contribution in [-0.2, 0) is 6.42 Å². The highest BCUT2D eigenvalue weighted by molar-refractivity contribution is 8.00. The number of hydrazine groups is 1. The van der Waals surface area contributed by atoms with Gasteiger partial charge in [0.15, 0.2) is 0 Å². The first-order valence-electron chi connectivity index (χ1n) is 6.97. The summed E-state index contributed by atoms with van der Waals surface area (Å²) in [5, 5.41) is 0.457. The van der Waals surface area contributed by atoms with E-state index in [4.69, 9.17) is 5.84 Å². The maximum atomic E-state index is 5.86. The van der Waals surface area contributed by atoms with Crippen LogP contribution in [0.5, 0.6) is 0 Å². The van der Waals surface area contributed by atoms with Crippen LogP contribution in [0.25, 0.3) is 0 Å². The summed E-state index contributed by atoms with van der Waals surface area (Å²) >= 11 is 1.93. The Hall–Kier alpha value is -1.29. The van der Waals surface area contributed by atoms with Crippen molar-refractivity contribution in [3.8, 4) is 0 Å². The Balaban J connectivity index is 1.89. The molecule has 0 fully saturated rings. The molecule has 0 spiro atoms. The number of hydrogen-bond acceptors (Lipinski definition) is 3. The van der Waals surface area contributed by atoms with Crippen LogP contribution in [0.15, 0.2) is 47.4 Å². The third-order valence-electron chi connectivity index (χ3n) is 3.98. The smallest absolute Gasteiger partial charge is 0.0587 e. The van der Waals surface area contributed by atoms with Gasteiger partial charge in [0.1, 0.15) is 0 Å². The highest BCUT2D eigenvalue weighted by Crippen LogP contribution is 2.42. The molecule has 0 amide bonds. The van der Waals surface area contributed by atoms with Crippen molar-refractivity contribution in [3.63, 3.8) is 0 Å². The van der Waals surface area contributed by atoms with E-state index < -0.39 is 0 Å². The van der Waals surface area contributed by atoms with Crippen LogP contribution in [0.2, 0.25) is 0 Å². The average Bonchev–Trinajstić information content (AvgIpc) is 2.85. The number of hydrogen-bond donors (Lipinski definition) is 2. The van der Waals surface area contributed by atoms with Gasteiger partial charge in [-0.3, -0.25) is 11.3 Å². The molecule has 2 aromatic carbocycles. The molecule has 0 saturated heterocycles. The fraction of sp³-hybridized carbons (Fsp3) is 0.294. The van der Waals surface area contributed by atoms with Gasteiger partial charge in [-0.15, -0.1) is 11.8 Å². The van der Waals surface area contributed by atoms with Crippen LogP contribution in [0.3, 0.4) is 0 Å². The molecular formula is C17H20N2S. The van der Waals surface area contributed by atoms with E-state index in [1.165, 1.54) is 27.1 Å². The number of nitrogens with two attached hydrogens (primary N) is 1. The molecule has 1 aliphatic heterocycles. The minimum atomic E-state index is 0.188. The number of fused-ring (bicyclic) bond motifs is 1. The van der Waals surface area contributed by atoms with Gasteiger partial charge in [0, 0.05) is 10.1 Å². The van der Waals surface area contributed by atoms with Gasteiger partial charge in [-0.2, -0.15) is 0 Å². The van der Waals surface area contributed by atoms with Gasteiger partial charge in [-0.05, 0) is 43.0 Å². The Morgan fingerprint density at radius 2 is 2.00 bits per heavy atom. The van der Waals surface area contributed by atoms with Crippen LogP contribution < -0.4 is 11.3 Å². The fourth-order valence-electron chi connectivity index (χ4n) is 2.97. The van der Waals surface area contributed by atoms with Gasteiger partial charge in [-0.25, -0.2) is 0 Å². The Morgan fingerprint density at radius 3 is 2.70 bits per heavy atom.